The first-order valence-electron chi connectivity index (χ1n) is 22.0. The molecular formula is C46H70N6O6. The number of rotatable bonds is 15. The summed E-state index contributed by atoms with van der Waals surface area (Å²) in [6, 6.07) is 6.62. The number of Topliss-reactive ketones (excluding diaryl/α,β-unsaturated/α-hetero) is 2. The smallest absolute Gasteiger partial charge is 0.290 e. The van der Waals surface area contributed by atoms with Gasteiger partial charge in [0.1, 0.15) is 17.8 Å². The van der Waals surface area contributed by atoms with E-state index in [1.54, 1.807) is 4.90 Å². The van der Waals surface area contributed by atoms with Crippen LogP contribution in [0.15, 0.2) is 48.9 Å². The summed E-state index contributed by atoms with van der Waals surface area (Å²) in [4.78, 5) is 88.3. The molecule has 12 nitrogen and oxygen atoms in total. The van der Waals surface area contributed by atoms with Crippen molar-refractivity contribution >= 4 is 35.2 Å². The Kier molecular flexibility index (Phi) is 20.7. The van der Waals surface area contributed by atoms with Gasteiger partial charge in [0, 0.05) is 31.8 Å². The second-order valence-electron chi connectivity index (χ2n) is 16.0. The van der Waals surface area contributed by atoms with Crippen LogP contribution < -0.4 is 16.0 Å². The molecule has 6 atom stereocenters. The van der Waals surface area contributed by atoms with Crippen LogP contribution >= 0.6 is 0 Å². The van der Waals surface area contributed by atoms with E-state index in [1.807, 2.05) is 71.9 Å². The van der Waals surface area contributed by atoms with E-state index in [2.05, 4.69) is 25.9 Å². The van der Waals surface area contributed by atoms with Gasteiger partial charge in [-0.05, 0) is 68.8 Å². The third-order valence-corrected chi connectivity index (χ3v) is 12.1. The summed E-state index contributed by atoms with van der Waals surface area (Å²) in [5.74, 6) is -1.99. The number of ketones is 2. The Hall–Kier alpha value is -4.48. The fraction of sp³-hybridized carbons (Fsp3) is 0.652. The number of hydrogen-bond acceptors (Lipinski definition) is 8. The van der Waals surface area contributed by atoms with Crippen molar-refractivity contribution in [1.29, 1.82) is 0 Å². The van der Waals surface area contributed by atoms with Crippen molar-refractivity contribution < 1.29 is 28.8 Å². The molecular weight excluding hydrogens is 733 g/mol. The molecule has 58 heavy (non-hydrogen) atoms. The Bertz CT molecular complexity index is 1590. The molecule has 1 saturated heterocycles. The summed E-state index contributed by atoms with van der Waals surface area (Å²) in [7, 11) is 0. The summed E-state index contributed by atoms with van der Waals surface area (Å²) < 4.78 is 0. The Morgan fingerprint density at radius 3 is 1.95 bits per heavy atom. The normalized spacial score (nSPS) is 20.4. The van der Waals surface area contributed by atoms with Crippen LogP contribution in [0.2, 0.25) is 0 Å². The zero-order valence-corrected chi connectivity index (χ0v) is 36.1. The Balaban J connectivity index is 0.000000712. The molecule has 0 spiro atoms. The summed E-state index contributed by atoms with van der Waals surface area (Å²) in [5, 5.41) is 8.88. The Morgan fingerprint density at radius 1 is 0.793 bits per heavy atom. The molecule has 12 heteroatoms. The number of benzene rings is 1. The SMILES string of the molecule is CC.CC(=O)c1cnccn1.CCCC(NC(=O)[C@@H]1[C@@H](CC)CCN1C(=O)C(NC(=O)C(C)C1CCCCC1)C1CCCCC1)C(=O)C(=O)N[C@@H](C)c1ccccc1. The Labute approximate surface area is 346 Å². The molecule has 3 fully saturated rings. The first kappa shape index (κ1) is 47.9. The van der Waals surface area contributed by atoms with Gasteiger partial charge in [-0.3, -0.25) is 33.8 Å². The fourth-order valence-corrected chi connectivity index (χ4v) is 8.59. The molecule has 5 rings (SSSR count). The molecule has 3 unspecified atom stereocenters. The number of amides is 4. The predicted octanol–water partition coefficient (Wildman–Crippen LogP) is 7.33. The minimum absolute atomic E-state index is 0.0351. The van der Waals surface area contributed by atoms with Gasteiger partial charge in [0.15, 0.2) is 5.78 Å². The van der Waals surface area contributed by atoms with E-state index < -0.39 is 35.7 Å². The minimum atomic E-state index is -0.990. The van der Waals surface area contributed by atoms with Crippen LogP contribution in [-0.4, -0.2) is 74.7 Å². The van der Waals surface area contributed by atoms with Crippen LogP contribution in [0.3, 0.4) is 0 Å². The van der Waals surface area contributed by atoms with Crippen molar-refractivity contribution in [3.05, 3.63) is 60.2 Å². The van der Waals surface area contributed by atoms with Crippen molar-refractivity contribution in [2.75, 3.05) is 6.54 Å². The lowest BCUT2D eigenvalue weighted by molar-refractivity contribution is -0.145. The second kappa shape index (κ2) is 25.1. The van der Waals surface area contributed by atoms with Gasteiger partial charge in [-0.25, -0.2) is 4.98 Å². The molecule has 2 aromatic rings. The van der Waals surface area contributed by atoms with Gasteiger partial charge in [0.05, 0.1) is 18.3 Å². The maximum atomic E-state index is 14.5. The first-order chi connectivity index (χ1) is 28.0. The molecule has 320 valence electrons. The monoisotopic (exact) mass is 803 g/mol. The molecule has 0 bridgehead atoms. The van der Waals surface area contributed by atoms with E-state index in [-0.39, 0.29) is 41.4 Å². The summed E-state index contributed by atoms with van der Waals surface area (Å²) in [6.07, 6.45) is 17.3. The molecule has 0 radical (unpaired) electrons. The molecule has 3 N–H and O–H groups in total. The quantitative estimate of drug-likeness (QED) is 0.124. The van der Waals surface area contributed by atoms with Crippen molar-refractivity contribution in [2.24, 2.45) is 23.7 Å². The summed E-state index contributed by atoms with van der Waals surface area (Å²) >= 11 is 0. The second-order valence-corrected chi connectivity index (χ2v) is 16.0. The number of hydrogen-bond donors (Lipinski definition) is 3. The van der Waals surface area contributed by atoms with E-state index in [9.17, 15) is 28.8 Å². The third kappa shape index (κ3) is 13.8. The summed E-state index contributed by atoms with van der Waals surface area (Å²) in [5.41, 5.74) is 1.29. The van der Waals surface area contributed by atoms with Crippen molar-refractivity contribution in [3.8, 4) is 0 Å². The van der Waals surface area contributed by atoms with Gasteiger partial charge >= 0.3 is 0 Å². The van der Waals surface area contributed by atoms with Crippen LogP contribution in [0, 0.1) is 23.7 Å². The third-order valence-electron chi connectivity index (χ3n) is 12.1. The average molecular weight is 803 g/mol. The summed E-state index contributed by atoms with van der Waals surface area (Å²) in [6.45, 7) is 13.6. The maximum absolute atomic E-state index is 14.5. The van der Waals surface area contributed by atoms with Gasteiger partial charge < -0.3 is 20.9 Å². The average Bonchev–Trinajstić information content (AvgIpc) is 3.71. The molecule has 1 aromatic heterocycles. The molecule has 1 aromatic carbocycles. The molecule has 3 aliphatic rings. The number of likely N-dealkylation sites (tertiary alicyclic amines) is 1. The van der Waals surface area contributed by atoms with E-state index in [0.717, 1.165) is 63.4 Å². The molecule has 1 aliphatic heterocycles. The van der Waals surface area contributed by atoms with Crippen LogP contribution in [-0.2, 0) is 24.0 Å². The largest absolute Gasteiger partial charge is 0.344 e. The van der Waals surface area contributed by atoms with Crippen molar-refractivity contribution in [1.82, 2.24) is 30.8 Å². The van der Waals surface area contributed by atoms with E-state index in [4.69, 9.17) is 0 Å². The number of aromatic nitrogens is 2. The van der Waals surface area contributed by atoms with Gasteiger partial charge in [-0.2, -0.15) is 0 Å². The van der Waals surface area contributed by atoms with Crippen LogP contribution in [0.5, 0.6) is 0 Å². The maximum Gasteiger partial charge on any atom is 0.290 e. The zero-order valence-electron chi connectivity index (χ0n) is 36.1. The van der Waals surface area contributed by atoms with Gasteiger partial charge in [-0.15, -0.1) is 0 Å². The van der Waals surface area contributed by atoms with Crippen LogP contribution in [0.25, 0.3) is 0 Å². The highest BCUT2D eigenvalue weighted by atomic mass is 16.2. The number of carbonyl (C=O) groups is 6. The number of carbonyl (C=O) groups excluding carboxylic acids is 6. The minimum Gasteiger partial charge on any atom is -0.344 e. The predicted molar refractivity (Wildman–Crippen MR) is 226 cm³/mol. The van der Waals surface area contributed by atoms with Gasteiger partial charge in [0.2, 0.25) is 23.5 Å². The van der Waals surface area contributed by atoms with Crippen LogP contribution in [0.4, 0.5) is 0 Å². The van der Waals surface area contributed by atoms with Crippen molar-refractivity contribution in [2.45, 2.75) is 163 Å². The van der Waals surface area contributed by atoms with E-state index in [0.29, 0.717) is 43.8 Å². The molecule has 2 heterocycles. The highest BCUT2D eigenvalue weighted by molar-refractivity contribution is 6.38. The zero-order chi connectivity index (χ0) is 42.6. The lowest BCUT2D eigenvalue weighted by atomic mass is 9.79. The molecule has 2 aliphatic carbocycles. The lowest BCUT2D eigenvalue weighted by Gasteiger charge is -2.37. The lowest BCUT2D eigenvalue weighted by Crippen LogP contribution is -2.59. The molecule has 4 amide bonds. The number of nitrogens with one attached hydrogen (secondary N) is 3. The topological polar surface area (TPSA) is 168 Å². The van der Waals surface area contributed by atoms with Gasteiger partial charge in [-0.1, -0.05) is 116 Å². The highest BCUT2D eigenvalue weighted by Crippen LogP contribution is 2.34. The fourth-order valence-electron chi connectivity index (χ4n) is 8.59. The van der Waals surface area contributed by atoms with E-state index in [1.165, 1.54) is 31.9 Å². The first-order valence-corrected chi connectivity index (χ1v) is 22.0. The van der Waals surface area contributed by atoms with Gasteiger partial charge in [0.25, 0.3) is 5.91 Å². The molecule has 2 saturated carbocycles. The van der Waals surface area contributed by atoms with E-state index >= 15 is 0 Å². The van der Waals surface area contributed by atoms with Crippen molar-refractivity contribution in [3.63, 3.8) is 0 Å². The standard InChI is InChI=1S/C38H58N4O5.C6H6N2O.C2H6/c1-5-16-31(34(43)37(46)39-26(4)29-19-12-8-13-20-29)40-36(45)33-27(6-2)23-24-42(33)38(47)32(30-21-14-9-15-22-30)41-35(44)25(3)28-17-10-7-11-18-28;1-5(9)6-4-7-2-3-8-6;1-2/h8,12-13,19-20,25-28,30-33H,5-7,9-11,14-18,21-24H2,1-4H3,(H,39,46)(H,40,45)(H,41,44);2-4H,1H3;1-2H3/t25?,26-,27-,31?,32?,33-;;/m0../s1. The number of nitrogens with zero attached hydrogens (tertiary/aromatic N) is 3. The highest BCUT2D eigenvalue weighted by Gasteiger charge is 2.46. The van der Waals surface area contributed by atoms with Crippen LogP contribution in [0.1, 0.15) is 160 Å². The Morgan fingerprint density at radius 2 is 1.41 bits per heavy atom.